The first-order valence-electron chi connectivity index (χ1n) is 8.37. The molecule has 1 unspecified atom stereocenters. The number of benzene rings is 2. The van der Waals surface area contributed by atoms with Crippen LogP contribution in [-0.4, -0.2) is 24.5 Å². The Bertz CT molecular complexity index is 799. The van der Waals surface area contributed by atoms with Crippen molar-refractivity contribution in [3.05, 3.63) is 64.2 Å². The van der Waals surface area contributed by atoms with Gasteiger partial charge in [-0.3, -0.25) is 9.59 Å². The summed E-state index contributed by atoms with van der Waals surface area (Å²) in [6, 6.07) is 11.2. The van der Waals surface area contributed by atoms with Crippen LogP contribution < -0.4 is 15.8 Å². The maximum atomic E-state index is 12.3. The SMILES string of the molecule is Cc1cc2c(cc1C)OC(C(=O)NCCc1cccc(C(N)=O)c1)C2. The third-order valence-electron chi connectivity index (χ3n) is 4.57. The molecule has 1 heterocycles. The van der Waals surface area contributed by atoms with Crippen LogP contribution in [0.3, 0.4) is 0 Å². The van der Waals surface area contributed by atoms with E-state index < -0.39 is 12.0 Å². The number of rotatable bonds is 5. The molecule has 1 aliphatic rings. The summed E-state index contributed by atoms with van der Waals surface area (Å²) in [6.07, 6.45) is 0.748. The Morgan fingerprint density at radius 1 is 1.20 bits per heavy atom. The average Bonchev–Trinajstić information content (AvgIpc) is 2.98. The molecule has 2 aromatic carbocycles. The minimum Gasteiger partial charge on any atom is -0.480 e. The van der Waals surface area contributed by atoms with Crippen LogP contribution in [0.4, 0.5) is 0 Å². The van der Waals surface area contributed by atoms with Crippen LogP contribution in [0.15, 0.2) is 36.4 Å². The second-order valence-corrected chi connectivity index (χ2v) is 6.46. The Kier molecular flexibility index (Phi) is 4.74. The average molecular weight is 338 g/mol. The van der Waals surface area contributed by atoms with Gasteiger partial charge in [-0.15, -0.1) is 0 Å². The van der Waals surface area contributed by atoms with E-state index in [0.717, 1.165) is 22.4 Å². The van der Waals surface area contributed by atoms with Gasteiger partial charge in [0, 0.05) is 18.5 Å². The number of carbonyl (C=O) groups is 2. The monoisotopic (exact) mass is 338 g/mol. The summed E-state index contributed by atoms with van der Waals surface area (Å²) in [7, 11) is 0. The lowest BCUT2D eigenvalue weighted by atomic mass is 10.0. The second-order valence-electron chi connectivity index (χ2n) is 6.46. The molecule has 25 heavy (non-hydrogen) atoms. The van der Waals surface area contributed by atoms with E-state index >= 15 is 0 Å². The van der Waals surface area contributed by atoms with Crippen molar-refractivity contribution < 1.29 is 14.3 Å². The molecule has 3 N–H and O–H groups in total. The van der Waals surface area contributed by atoms with E-state index in [2.05, 4.69) is 18.3 Å². The number of ether oxygens (including phenoxy) is 1. The van der Waals surface area contributed by atoms with Gasteiger partial charge in [0.2, 0.25) is 5.91 Å². The highest BCUT2D eigenvalue weighted by atomic mass is 16.5. The number of primary amides is 1. The van der Waals surface area contributed by atoms with Gasteiger partial charge in [-0.1, -0.05) is 18.2 Å². The summed E-state index contributed by atoms with van der Waals surface area (Å²) in [5, 5.41) is 2.91. The van der Waals surface area contributed by atoms with Crippen molar-refractivity contribution in [2.75, 3.05) is 6.54 Å². The van der Waals surface area contributed by atoms with Gasteiger partial charge in [0.1, 0.15) is 5.75 Å². The smallest absolute Gasteiger partial charge is 0.261 e. The van der Waals surface area contributed by atoms with Gasteiger partial charge < -0.3 is 15.8 Å². The fourth-order valence-electron chi connectivity index (χ4n) is 2.98. The first-order valence-corrected chi connectivity index (χ1v) is 8.37. The molecular formula is C20H22N2O3. The molecule has 0 bridgehead atoms. The van der Waals surface area contributed by atoms with Crippen LogP contribution in [-0.2, 0) is 17.6 Å². The number of hydrogen-bond acceptors (Lipinski definition) is 3. The molecule has 5 heteroatoms. The van der Waals surface area contributed by atoms with Crippen molar-refractivity contribution in [1.29, 1.82) is 0 Å². The number of amides is 2. The molecular weight excluding hydrogens is 316 g/mol. The van der Waals surface area contributed by atoms with E-state index in [9.17, 15) is 9.59 Å². The van der Waals surface area contributed by atoms with Gasteiger partial charge in [0.25, 0.3) is 5.91 Å². The normalized spacial score (nSPS) is 15.4. The van der Waals surface area contributed by atoms with Crippen LogP contribution in [0.1, 0.15) is 32.6 Å². The number of fused-ring (bicyclic) bond motifs is 1. The number of carbonyl (C=O) groups excluding carboxylic acids is 2. The molecule has 0 aromatic heterocycles. The Balaban J connectivity index is 1.54. The number of nitrogens with two attached hydrogens (primary N) is 1. The summed E-state index contributed by atoms with van der Waals surface area (Å²) in [5.74, 6) is 0.239. The molecule has 0 saturated carbocycles. The molecule has 1 aliphatic heterocycles. The Morgan fingerprint density at radius 2 is 1.96 bits per heavy atom. The molecule has 2 amide bonds. The van der Waals surface area contributed by atoms with Crippen LogP contribution >= 0.6 is 0 Å². The largest absolute Gasteiger partial charge is 0.480 e. The number of aryl methyl sites for hydroxylation is 2. The van der Waals surface area contributed by atoms with Gasteiger partial charge >= 0.3 is 0 Å². The first-order chi connectivity index (χ1) is 11.9. The van der Waals surface area contributed by atoms with Gasteiger partial charge in [0.05, 0.1) is 0 Å². The molecule has 0 radical (unpaired) electrons. The lowest BCUT2D eigenvalue weighted by Crippen LogP contribution is -2.38. The molecule has 0 spiro atoms. The van der Waals surface area contributed by atoms with Crippen LogP contribution in [0, 0.1) is 13.8 Å². The van der Waals surface area contributed by atoms with E-state index in [-0.39, 0.29) is 5.91 Å². The molecule has 2 aromatic rings. The number of nitrogens with one attached hydrogen (secondary N) is 1. The van der Waals surface area contributed by atoms with Crippen molar-refractivity contribution in [2.45, 2.75) is 32.8 Å². The van der Waals surface area contributed by atoms with Crippen molar-refractivity contribution in [2.24, 2.45) is 5.73 Å². The van der Waals surface area contributed by atoms with E-state index in [0.29, 0.717) is 24.9 Å². The zero-order valence-corrected chi connectivity index (χ0v) is 14.5. The van der Waals surface area contributed by atoms with E-state index in [1.165, 1.54) is 5.56 Å². The predicted octanol–water partition coefficient (Wildman–Crippen LogP) is 2.06. The van der Waals surface area contributed by atoms with E-state index in [4.69, 9.17) is 10.5 Å². The zero-order chi connectivity index (χ0) is 18.0. The zero-order valence-electron chi connectivity index (χ0n) is 14.5. The lowest BCUT2D eigenvalue weighted by molar-refractivity contribution is -0.127. The molecule has 130 valence electrons. The summed E-state index contributed by atoms with van der Waals surface area (Å²) in [6.45, 7) is 4.57. The highest BCUT2D eigenvalue weighted by molar-refractivity contribution is 5.92. The molecule has 1 atom stereocenters. The highest BCUT2D eigenvalue weighted by Crippen LogP contribution is 2.31. The summed E-state index contributed by atoms with van der Waals surface area (Å²) < 4.78 is 5.78. The third-order valence-corrected chi connectivity index (χ3v) is 4.57. The van der Waals surface area contributed by atoms with Crippen molar-refractivity contribution in [1.82, 2.24) is 5.32 Å². The van der Waals surface area contributed by atoms with Gasteiger partial charge in [0.15, 0.2) is 6.10 Å². The fourth-order valence-corrected chi connectivity index (χ4v) is 2.98. The van der Waals surface area contributed by atoms with Crippen molar-refractivity contribution in [3.63, 3.8) is 0 Å². The first kappa shape index (κ1) is 17.0. The Labute approximate surface area is 147 Å². The predicted molar refractivity (Wildman–Crippen MR) is 95.7 cm³/mol. The summed E-state index contributed by atoms with van der Waals surface area (Å²) >= 11 is 0. The standard InChI is InChI=1S/C20H22N2O3/c1-12-8-16-11-18(25-17(16)9-13(12)2)20(24)22-7-6-14-4-3-5-15(10-14)19(21)23/h3-5,8-10,18H,6-7,11H2,1-2H3,(H2,21,23)(H,22,24). The van der Waals surface area contributed by atoms with Gasteiger partial charge in [-0.2, -0.15) is 0 Å². The minimum atomic E-state index is -0.479. The molecule has 0 aliphatic carbocycles. The lowest BCUT2D eigenvalue weighted by Gasteiger charge is -2.11. The van der Waals surface area contributed by atoms with Crippen LogP contribution in [0.2, 0.25) is 0 Å². The van der Waals surface area contributed by atoms with Gasteiger partial charge in [-0.05, 0) is 60.7 Å². The highest BCUT2D eigenvalue weighted by Gasteiger charge is 2.29. The molecule has 0 saturated heterocycles. The molecule has 3 rings (SSSR count). The van der Waals surface area contributed by atoms with E-state index in [1.54, 1.807) is 18.2 Å². The second kappa shape index (κ2) is 6.97. The van der Waals surface area contributed by atoms with E-state index in [1.807, 2.05) is 19.1 Å². The summed E-state index contributed by atoms with van der Waals surface area (Å²) in [4.78, 5) is 23.5. The Hall–Kier alpha value is -2.82. The van der Waals surface area contributed by atoms with Crippen LogP contribution in [0.5, 0.6) is 5.75 Å². The van der Waals surface area contributed by atoms with Crippen molar-refractivity contribution >= 4 is 11.8 Å². The maximum absolute atomic E-state index is 12.3. The van der Waals surface area contributed by atoms with Gasteiger partial charge in [-0.25, -0.2) is 0 Å². The topological polar surface area (TPSA) is 81.4 Å². The minimum absolute atomic E-state index is 0.113. The Morgan fingerprint density at radius 3 is 2.72 bits per heavy atom. The molecule has 5 nitrogen and oxygen atoms in total. The quantitative estimate of drug-likeness (QED) is 0.875. The molecule has 0 fully saturated rings. The third kappa shape index (κ3) is 3.82. The number of hydrogen-bond donors (Lipinski definition) is 2. The maximum Gasteiger partial charge on any atom is 0.261 e. The van der Waals surface area contributed by atoms with Crippen molar-refractivity contribution in [3.8, 4) is 5.75 Å². The summed E-state index contributed by atoms with van der Waals surface area (Å²) in [5.41, 5.74) is 10.2. The van der Waals surface area contributed by atoms with Crippen LogP contribution in [0.25, 0.3) is 0 Å². The fraction of sp³-hybridized carbons (Fsp3) is 0.300.